The van der Waals surface area contributed by atoms with Crippen molar-refractivity contribution in [2.24, 2.45) is 5.92 Å². The van der Waals surface area contributed by atoms with Gasteiger partial charge in [0.15, 0.2) is 0 Å². The van der Waals surface area contributed by atoms with Crippen molar-refractivity contribution in [3.05, 3.63) is 47.5 Å². The molecule has 0 aliphatic carbocycles. The number of methoxy groups -OCH3 is 1. The first-order valence-corrected chi connectivity index (χ1v) is 13.0. The average molecular weight is 486 g/mol. The molecule has 2 amide bonds. The molecule has 1 atom stereocenters. The zero-order valence-electron chi connectivity index (χ0n) is 19.8. The van der Waals surface area contributed by atoms with Crippen LogP contribution in [0.3, 0.4) is 0 Å². The van der Waals surface area contributed by atoms with Gasteiger partial charge in [0.25, 0.3) is 0 Å². The van der Waals surface area contributed by atoms with E-state index in [1.54, 1.807) is 36.3 Å². The van der Waals surface area contributed by atoms with Crippen molar-refractivity contribution in [1.29, 1.82) is 0 Å². The van der Waals surface area contributed by atoms with Gasteiger partial charge in [0.1, 0.15) is 5.75 Å². The Hall–Kier alpha value is -2.91. The van der Waals surface area contributed by atoms with E-state index in [0.29, 0.717) is 37.4 Å². The number of ether oxygens (including phenoxy) is 1. The summed E-state index contributed by atoms with van der Waals surface area (Å²) in [6.45, 7) is 4.59. The summed E-state index contributed by atoms with van der Waals surface area (Å²) in [5.74, 6) is -0.162. The van der Waals surface area contributed by atoms with Crippen LogP contribution >= 0.6 is 0 Å². The molecular formula is C25H31N3O5S. The molecule has 4 rings (SSSR count). The molecule has 182 valence electrons. The third kappa shape index (κ3) is 4.81. The minimum atomic E-state index is -3.77. The number of hydrogen-bond donors (Lipinski definition) is 1. The molecule has 2 aliphatic heterocycles. The monoisotopic (exact) mass is 485 g/mol. The number of nitrogens with one attached hydrogen (secondary N) is 1. The highest BCUT2D eigenvalue weighted by Crippen LogP contribution is 2.32. The van der Waals surface area contributed by atoms with Crippen molar-refractivity contribution in [2.45, 2.75) is 44.4 Å². The SMILES string of the molecule is COc1ccc(C)cc1NC(=O)[C@H]1CCCN(S(=O)(=O)c2ccc3c(c2)CCCN3C(C)=O)C1. The second-order valence-electron chi connectivity index (χ2n) is 8.96. The summed E-state index contributed by atoms with van der Waals surface area (Å²) < 4.78 is 33.7. The number of carbonyl (C=O) groups excluding carboxylic acids is 2. The van der Waals surface area contributed by atoms with E-state index >= 15 is 0 Å². The molecular weight excluding hydrogens is 454 g/mol. The molecule has 0 spiro atoms. The zero-order valence-corrected chi connectivity index (χ0v) is 20.7. The van der Waals surface area contributed by atoms with E-state index in [-0.39, 0.29) is 23.3 Å². The van der Waals surface area contributed by atoms with E-state index in [1.807, 2.05) is 19.1 Å². The van der Waals surface area contributed by atoms with Gasteiger partial charge in [-0.25, -0.2) is 8.42 Å². The first-order chi connectivity index (χ1) is 16.2. The number of sulfonamides is 1. The fourth-order valence-corrected chi connectivity index (χ4v) is 6.31. The number of amides is 2. The van der Waals surface area contributed by atoms with Crippen LogP contribution in [0.4, 0.5) is 11.4 Å². The Morgan fingerprint density at radius 3 is 2.62 bits per heavy atom. The number of aryl methyl sites for hydroxylation is 2. The molecule has 0 unspecified atom stereocenters. The fraction of sp³-hybridized carbons (Fsp3) is 0.440. The second-order valence-corrected chi connectivity index (χ2v) is 10.9. The van der Waals surface area contributed by atoms with Gasteiger partial charge in [0, 0.05) is 32.2 Å². The van der Waals surface area contributed by atoms with Crippen molar-refractivity contribution in [3.8, 4) is 5.75 Å². The van der Waals surface area contributed by atoms with Gasteiger partial charge in [-0.15, -0.1) is 0 Å². The molecule has 8 nitrogen and oxygen atoms in total. The highest BCUT2D eigenvalue weighted by molar-refractivity contribution is 7.89. The van der Waals surface area contributed by atoms with Gasteiger partial charge in [-0.05, 0) is 74.1 Å². The lowest BCUT2D eigenvalue weighted by Crippen LogP contribution is -2.43. The van der Waals surface area contributed by atoms with E-state index in [4.69, 9.17) is 4.74 Å². The number of carbonyl (C=O) groups is 2. The molecule has 2 heterocycles. The molecule has 1 fully saturated rings. The number of nitrogens with zero attached hydrogens (tertiary/aromatic N) is 2. The minimum Gasteiger partial charge on any atom is -0.495 e. The smallest absolute Gasteiger partial charge is 0.243 e. The Balaban J connectivity index is 1.52. The molecule has 0 radical (unpaired) electrons. The Labute approximate surface area is 200 Å². The van der Waals surface area contributed by atoms with Gasteiger partial charge in [-0.3, -0.25) is 9.59 Å². The average Bonchev–Trinajstić information content (AvgIpc) is 2.83. The van der Waals surface area contributed by atoms with Crippen LogP contribution in [0.5, 0.6) is 5.75 Å². The summed E-state index contributed by atoms with van der Waals surface area (Å²) in [5.41, 5.74) is 3.21. The van der Waals surface area contributed by atoms with E-state index in [0.717, 1.165) is 29.7 Å². The molecule has 2 aliphatic rings. The van der Waals surface area contributed by atoms with Crippen LogP contribution in [0.2, 0.25) is 0 Å². The lowest BCUT2D eigenvalue weighted by Gasteiger charge is -2.32. The van der Waals surface area contributed by atoms with Crippen molar-refractivity contribution >= 4 is 33.2 Å². The molecule has 0 bridgehead atoms. The lowest BCUT2D eigenvalue weighted by atomic mass is 9.98. The molecule has 0 saturated carbocycles. The lowest BCUT2D eigenvalue weighted by molar-refractivity contribution is -0.121. The predicted molar refractivity (Wildman–Crippen MR) is 131 cm³/mol. The van der Waals surface area contributed by atoms with Gasteiger partial charge in [0.05, 0.1) is 23.6 Å². The maximum absolute atomic E-state index is 13.5. The van der Waals surface area contributed by atoms with Crippen LogP contribution in [0.1, 0.15) is 37.3 Å². The number of benzene rings is 2. The number of fused-ring (bicyclic) bond motifs is 1. The Bertz CT molecular complexity index is 1210. The fourth-order valence-electron chi connectivity index (χ4n) is 4.74. The Morgan fingerprint density at radius 2 is 1.88 bits per heavy atom. The predicted octanol–water partition coefficient (Wildman–Crippen LogP) is 3.34. The molecule has 0 aromatic heterocycles. The highest BCUT2D eigenvalue weighted by atomic mass is 32.2. The number of rotatable bonds is 5. The van der Waals surface area contributed by atoms with Crippen LogP contribution in [-0.4, -0.2) is 51.3 Å². The largest absolute Gasteiger partial charge is 0.495 e. The standard InChI is InChI=1S/C25H31N3O5S/c1-17-8-11-24(33-3)22(14-17)26-25(30)20-7-4-12-27(16-20)34(31,32)21-9-10-23-19(15-21)6-5-13-28(23)18(2)29/h8-11,14-15,20H,4-7,12-13,16H2,1-3H3,(H,26,30)/t20-/m0/s1. The normalized spacial score (nSPS) is 18.8. The third-order valence-electron chi connectivity index (χ3n) is 6.56. The second kappa shape index (κ2) is 9.76. The van der Waals surface area contributed by atoms with Crippen molar-refractivity contribution in [3.63, 3.8) is 0 Å². The Morgan fingerprint density at radius 1 is 1.09 bits per heavy atom. The van der Waals surface area contributed by atoms with Crippen molar-refractivity contribution < 1.29 is 22.7 Å². The Kier molecular flexibility index (Phi) is 6.95. The number of hydrogen-bond acceptors (Lipinski definition) is 5. The number of piperidine rings is 1. The van der Waals surface area contributed by atoms with Crippen LogP contribution in [-0.2, 0) is 26.0 Å². The highest BCUT2D eigenvalue weighted by Gasteiger charge is 2.34. The van der Waals surface area contributed by atoms with Gasteiger partial charge >= 0.3 is 0 Å². The maximum Gasteiger partial charge on any atom is 0.243 e. The summed E-state index contributed by atoms with van der Waals surface area (Å²) in [4.78, 5) is 26.9. The maximum atomic E-state index is 13.5. The molecule has 2 aromatic carbocycles. The van der Waals surface area contributed by atoms with Gasteiger partial charge in [-0.1, -0.05) is 6.07 Å². The van der Waals surface area contributed by atoms with Crippen LogP contribution < -0.4 is 15.0 Å². The first kappa shape index (κ1) is 24.2. The summed E-state index contributed by atoms with van der Waals surface area (Å²) >= 11 is 0. The molecule has 9 heteroatoms. The molecule has 34 heavy (non-hydrogen) atoms. The summed E-state index contributed by atoms with van der Waals surface area (Å²) in [6, 6.07) is 10.5. The van der Waals surface area contributed by atoms with Gasteiger partial charge in [0.2, 0.25) is 21.8 Å². The first-order valence-electron chi connectivity index (χ1n) is 11.6. The molecule has 1 saturated heterocycles. The summed E-state index contributed by atoms with van der Waals surface area (Å²) in [7, 11) is -2.22. The molecule has 2 aromatic rings. The van der Waals surface area contributed by atoms with Crippen LogP contribution in [0, 0.1) is 12.8 Å². The summed E-state index contributed by atoms with van der Waals surface area (Å²) in [5, 5.41) is 2.92. The zero-order chi connectivity index (χ0) is 24.5. The quantitative estimate of drug-likeness (QED) is 0.701. The van der Waals surface area contributed by atoms with Gasteiger partial charge in [-0.2, -0.15) is 4.31 Å². The van der Waals surface area contributed by atoms with Crippen molar-refractivity contribution in [2.75, 3.05) is 37.0 Å². The number of anilines is 2. The van der Waals surface area contributed by atoms with E-state index in [9.17, 15) is 18.0 Å². The summed E-state index contributed by atoms with van der Waals surface area (Å²) in [6.07, 6.45) is 2.74. The van der Waals surface area contributed by atoms with E-state index in [2.05, 4.69) is 5.32 Å². The molecule has 1 N–H and O–H groups in total. The van der Waals surface area contributed by atoms with E-state index < -0.39 is 15.9 Å². The van der Waals surface area contributed by atoms with Crippen LogP contribution in [0.25, 0.3) is 0 Å². The third-order valence-corrected chi connectivity index (χ3v) is 8.42. The topological polar surface area (TPSA) is 96.0 Å². The minimum absolute atomic E-state index is 0.0494. The van der Waals surface area contributed by atoms with E-state index in [1.165, 1.54) is 11.2 Å². The van der Waals surface area contributed by atoms with Crippen molar-refractivity contribution in [1.82, 2.24) is 4.31 Å². The van der Waals surface area contributed by atoms with Crippen LogP contribution in [0.15, 0.2) is 41.3 Å². The van der Waals surface area contributed by atoms with Gasteiger partial charge < -0.3 is 15.0 Å².